The lowest BCUT2D eigenvalue weighted by atomic mass is 10.0. The van der Waals surface area contributed by atoms with Crippen molar-refractivity contribution in [2.24, 2.45) is 0 Å². The van der Waals surface area contributed by atoms with Gasteiger partial charge >= 0.3 is 0 Å². The Hall–Kier alpha value is -4.06. The molecule has 0 aliphatic heterocycles. The molecule has 6 heteroatoms. The molecular formula is C23H17N3O3. The van der Waals surface area contributed by atoms with Gasteiger partial charge in [0.1, 0.15) is 0 Å². The van der Waals surface area contributed by atoms with Crippen LogP contribution in [0.1, 0.15) is 15.9 Å². The highest BCUT2D eigenvalue weighted by Gasteiger charge is 2.18. The van der Waals surface area contributed by atoms with Crippen molar-refractivity contribution in [2.45, 2.75) is 6.92 Å². The first-order chi connectivity index (χ1) is 14.0. The average Bonchev–Trinajstić information content (AvgIpc) is 2.74. The number of benzene rings is 3. The number of nitrogens with zero attached hydrogens (tertiary/aromatic N) is 2. The van der Waals surface area contributed by atoms with Gasteiger partial charge in [0.25, 0.3) is 11.6 Å². The maximum atomic E-state index is 13.1. The molecule has 0 aliphatic rings. The molecule has 29 heavy (non-hydrogen) atoms. The van der Waals surface area contributed by atoms with Gasteiger partial charge in [-0.3, -0.25) is 14.9 Å². The Morgan fingerprint density at radius 1 is 0.966 bits per heavy atom. The Morgan fingerprint density at radius 3 is 2.45 bits per heavy atom. The quantitative estimate of drug-likeness (QED) is 0.379. The zero-order chi connectivity index (χ0) is 20.4. The van der Waals surface area contributed by atoms with Crippen LogP contribution in [0.25, 0.3) is 22.2 Å². The van der Waals surface area contributed by atoms with Crippen molar-refractivity contribution in [3.63, 3.8) is 0 Å². The van der Waals surface area contributed by atoms with Gasteiger partial charge in [-0.05, 0) is 25.1 Å². The summed E-state index contributed by atoms with van der Waals surface area (Å²) in [5.74, 6) is -0.343. The van der Waals surface area contributed by atoms with E-state index in [0.717, 1.165) is 5.56 Å². The summed E-state index contributed by atoms with van der Waals surface area (Å²) in [7, 11) is 0. The fourth-order valence-electron chi connectivity index (χ4n) is 3.27. The Bertz CT molecular complexity index is 1240. The minimum absolute atomic E-state index is 0.0349. The van der Waals surface area contributed by atoms with Gasteiger partial charge in [0.2, 0.25) is 0 Å². The van der Waals surface area contributed by atoms with Crippen molar-refractivity contribution >= 4 is 28.2 Å². The van der Waals surface area contributed by atoms with Gasteiger partial charge in [-0.2, -0.15) is 0 Å². The molecule has 6 nitrogen and oxygen atoms in total. The van der Waals surface area contributed by atoms with Crippen LogP contribution in [0.4, 0.5) is 11.4 Å². The SMILES string of the molecule is Cc1c(NC(=O)c2cc(-c3ccccc3)nc3ccccc23)cccc1[N+](=O)[O-]. The van der Waals surface area contributed by atoms with Gasteiger partial charge in [0.15, 0.2) is 0 Å². The number of nitro groups is 1. The number of para-hydroxylation sites is 1. The molecule has 0 spiro atoms. The number of hydrogen-bond acceptors (Lipinski definition) is 4. The summed E-state index contributed by atoms with van der Waals surface area (Å²) in [6.07, 6.45) is 0. The molecule has 1 aromatic heterocycles. The van der Waals surface area contributed by atoms with Crippen LogP contribution in [0.2, 0.25) is 0 Å². The average molecular weight is 383 g/mol. The van der Waals surface area contributed by atoms with E-state index in [1.807, 2.05) is 54.6 Å². The molecule has 1 amide bonds. The normalized spacial score (nSPS) is 10.7. The van der Waals surface area contributed by atoms with Crippen molar-refractivity contribution in [1.29, 1.82) is 0 Å². The van der Waals surface area contributed by atoms with E-state index in [9.17, 15) is 14.9 Å². The van der Waals surface area contributed by atoms with Gasteiger partial charge in [-0.15, -0.1) is 0 Å². The van der Waals surface area contributed by atoms with E-state index < -0.39 is 4.92 Å². The first-order valence-corrected chi connectivity index (χ1v) is 9.05. The lowest BCUT2D eigenvalue weighted by Crippen LogP contribution is -2.14. The number of hydrogen-bond donors (Lipinski definition) is 1. The number of amides is 1. The smallest absolute Gasteiger partial charge is 0.274 e. The molecule has 0 atom stereocenters. The van der Waals surface area contributed by atoms with Crippen LogP contribution in [-0.2, 0) is 0 Å². The molecule has 4 aromatic rings. The number of carbonyl (C=O) groups is 1. The van der Waals surface area contributed by atoms with Crippen LogP contribution in [0.5, 0.6) is 0 Å². The standard InChI is InChI=1S/C23H17N3O3/c1-15-19(12-7-13-22(15)26(28)29)25-23(27)18-14-21(16-8-3-2-4-9-16)24-20-11-6-5-10-17(18)20/h2-14H,1H3,(H,25,27). The number of rotatable bonds is 4. The van der Waals surface area contributed by atoms with Gasteiger partial charge < -0.3 is 5.32 Å². The molecular weight excluding hydrogens is 366 g/mol. The molecule has 0 aliphatic carbocycles. The zero-order valence-corrected chi connectivity index (χ0v) is 15.6. The molecule has 142 valence electrons. The van der Waals surface area contributed by atoms with Gasteiger partial charge in [0, 0.05) is 17.0 Å². The van der Waals surface area contributed by atoms with Crippen LogP contribution in [-0.4, -0.2) is 15.8 Å². The molecule has 1 N–H and O–H groups in total. The van der Waals surface area contributed by atoms with E-state index in [0.29, 0.717) is 33.4 Å². The minimum Gasteiger partial charge on any atom is -0.321 e. The Kier molecular flexibility index (Phi) is 4.75. The number of aromatic nitrogens is 1. The predicted molar refractivity (Wildman–Crippen MR) is 113 cm³/mol. The number of carbonyl (C=O) groups excluding carboxylic acids is 1. The number of fused-ring (bicyclic) bond motifs is 1. The second kappa shape index (κ2) is 7.52. The molecule has 3 aromatic carbocycles. The third kappa shape index (κ3) is 3.55. The second-order valence-electron chi connectivity index (χ2n) is 6.60. The molecule has 1 heterocycles. The van der Waals surface area contributed by atoms with E-state index in [1.54, 1.807) is 25.1 Å². The Balaban J connectivity index is 1.80. The second-order valence-corrected chi connectivity index (χ2v) is 6.60. The molecule has 0 unspecified atom stereocenters. The molecule has 0 radical (unpaired) electrons. The highest BCUT2D eigenvalue weighted by Crippen LogP contribution is 2.28. The van der Waals surface area contributed by atoms with E-state index in [2.05, 4.69) is 10.3 Å². The van der Waals surface area contributed by atoms with Gasteiger partial charge in [-0.25, -0.2) is 4.98 Å². The van der Waals surface area contributed by atoms with Crippen molar-refractivity contribution < 1.29 is 9.72 Å². The van der Waals surface area contributed by atoms with Crippen LogP contribution in [0.15, 0.2) is 78.9 Å². The van der Waals surface area contributed by atoms with Crippen molar-refractivity contribution in [3.8, 4) is 11.3 Å². The monoisotopic (exact) mass is 383 g/mol. The fourth-order valence-corrected chi connectivity index (χ4v) is 3.27. The number of pyridine rings is 1. The third-order valence-electron chi connectivity index (χ3n) is 4.78. The lowest BCUT2D eigenvalue weighted by molar-refractivity contribution is -0.385. The summed E-state index contributed by atoms with van der Waals surface area (Å²) < 4.78 is 0. The number of nitrogens with one attached hydrogen (secondary N) is 1. The van der Waals surface area contributed by atoms with E-state index in [1.165, 1.54) is 6.07 Å². The summed E-state index contributed by atoms with van der Waals surface area (Å²) in [5, 5.41) is 14.7. The Labute approximate surface area is 167 Å². The lowest BCUT2D eigenvalue weighted by Gasteiger charge is -2.12. The third-order valence-corrected chi connectivity index (χ3v) is 4.78. The van der Waals surface area contributed by atoms with Crippen molar-refractivity contribution in [3.05, 3.63) is 100 Å². The maximum Gasteiger partial charge on any atom is 0.274 e. The van der Waals surface area contributed by atoms with Crippen LogP contribution in [0.3, 0.4) is 0 Å². The molecule has 0 fully saturated rings. The summed E-state index contributed by atoms with van der Waals surface area (Å²) >= 11 is 0. The first kappa shape index (κ1) is 18.3. The summed E-state index contributed by atoms with van der Waals surface area (Å²) in [5.41, 5.74) is 3.53. The largest absolute Gasteiger partial charge is 0.321 e. The van der Waals surface area contributed by atoms with E-state index in [4.69, 9.17) is 0 Å². The number of nitro benzene ring substituents is 1. The summed E-state index contributed by atoms with van der Waals surface area (Å²) in [4.78, 5) is 28.6. The highest BCUT2D eigenvalue weighted by molar-refractivity contribution is 6.13. The van der Waals surface area contributed by atoms with Gasteiger partial charge in [0.05, 0.1) is 32.9 Å². The van der Waals surface area contributed by atoms with Crippen LogP contribution < -0.4 is 5.32 Å². The van der Waals surface area contributed by atoms with E-state index >= 15 is 0 Å². The predicted octanol–water partition coefficient (Wildman–Crippen LogP) is 5.37. The zero-order valence-electron chi connectivity index (χ0n) is 15.6. The van der Waals surface area contributed by atoms with Crippen LogP contribution in [0, 0.1) is 17.0 Å². The molecule has 0 bridgehead atoms. The highest BCUT2D eigenvalue weighted by atomic mass is 16.6. The summed E-state index contributed by atoms with van der Waals surface area (Å²) in [6, 6.07) is 23.4. The van der Waals surface area contributed by atoms with Gasteiger partial charge in [-0.1, -0.05) is 54.6 Å². The molecule has 0 saturated carbocycles. The number of anilines is 1. The topological polar surface area (TPSA) is 85.1 Å². The molecule has 4 rings (SSSR count). The maximum absolute atomic E-state index is 13.1. The summed E-state index contributed by atoms with van der Waals surface area (Å²) in [6.45, 7) is 1.62. The van der Waals surface area contributed by atoms with E-state index in [-0.39, 0.29) is 11.6 Å². The minimum atomic E-state index is -0.458. The Morgan fingerprint density at radius 2 is 1.69 bits per heavy atom. The fraction of sp³-hybridized carbons (Fsp3) is 0.0435. The van der Waals surface area contributed by atoms with Crippen molar-refractivity contribution in [2.75, 3.05) is 5.32 Å². The van der Waals surface area contributed by atoms with Crippen molar-refractivity contribution in [1.82, 2.24) is 4.98 Å². The van der Waals surface area contributed by atoms with Crippen LogP contribution >= 0.6 is 0 Å². The molecule has 0 saturated heterocycles. The first-order valence-electron chi connectivity index (χ1n) is 9.05.